The Morgan fingerprint density at radius 2 is 1.44 bits per heavy atom. The fraction of sp³-hybridized carbons (Fsp3) is 0.129. The third kappa shape index (κ3) is 3.49. The Kier molecular flexibility index (Phi) is 5.51. The van der Waals surface area contributed by atoms with Crippen LogP contribution in [0.3, 0.4) is 0 Å². The summed E-state index contributed by atoms with van der Waals surface area (Å²) in [5.74, 6) is -0.642. The Bertz CT molecular complexity index is 1360. The van der Waals surface area contributed by atoms with Crippen LogP contribution in [0.15, 0.2) is 109 Å². The molecular weight excluding hydrogens is 423 g/mol. The van der Waals surface area contributed by atoms with Crippen LogP contribution in [-0.2, 0) is 5.60 Å². The number of allylic oxidation sites excluding steroid dienone is 1. The topological polar surface area (TPSA) is 37.3 Å². The van der Waals surface area contributed by atoms with Crippen LogP contribution in [0.4, 0.5) is 4.39 Å². The minimum atomic E-state index is -1.73. The molecule has 5 rings (SSSR count). The lowest BCUT2D eigenvalue weighted by Crippen LogP contribution is -2.52. The van der Waals surface area contributed by atoms with Gasteiger partial charge in [0, 0.05) is 5.56 Å². The van der Waals surface area contributed by atoms with Crippen LogP contribution >= 0.6 is 0 Å². The van der Waals surface area contributed by atoms with Gasteiger partial charge in [0.25, 0.3) is 0 Å². The number of rotatable bonds is 4. The Balaban J connectivity index is 1.82. The first-order chi connectivity index (χ1) is 16.4. The Hall–Kier alpha value is -3.82. The molecule has 0 aromatic heterocycles. The van der Waals surface area contributed by atoms with Gasteiger partial charge in [-0.3, -0.25) is 4.79 Å². The number of hydrogen-bond donors (Lipinski definition) is 1. The fourth-order valence-corrected chi connectivity index (χ4v) is 5.18. The van der Waals surface area contributed by atoms with Crippen molar-refractivity contribution in [2.24, 2.45) is 5.41 Å². The highest BCUT2D eigenvalue weighted by molar-refractivity contribution is 6.04. The van der Waals surface area contributed by atoms with Crippen molar-refractivity contribution in [3.63, 3.8) is 0 Å². The number of fused-ring (bicyclic) bond motifs is 1. The average Bonchev–Trinajstić information content (AvgIpc) is 2.88. The third-order valence-corrected chi connectivity index (χ3v) is 6.93. The van der Waals surface area contributed by atoms with E-state index in [1.165, 1.54) is 12.1 Å². The lowest BCUT2D eigenvalue weighted by molar-refractivity contribution is -0.0323. The van der Waals surface area contributed by atoms with Crippen molar-refractivity contribution in [2.45, 2.75) is 18.9 Å². The van der Waals surface area contributed by atoms with Gasteiger partial charge in [-0.1, -0.05) is 103 Å². The Morgan fingerprint density at radius 3 is 2.09 bits per heavy atom. The summed E-state index contributed by atoms with van der Waals surface area (Å²) in [5.41, 5.74) is 1.07. The van der Waals surface area contributed by atoms with Crippen molar-refractivity contribution < 1.29 is 14.3 Å². The van der Waals surface area contributed by atoms with E-state index in [2.05, 4.69) is 0 Å². The second kappa shape index (κ2) is 8.51. The van der Waals surface area contributed by atoms with Crippen LogP contribution in [-0.4, -0.2) is 10.9 Å². The smallest absolute Gasteiger partial charge is 0.172 e. The zero-order valence-electron chi connectivity index (χ0n) is 18.9. The summed E-state index contributed by atoms with van der Waals surface area (Å²) in [5, 5.41) is 12.5. The minimum Gasteiger partial charge on any atom is -0.379 e. The van der Waals surface area contributed by atoms with Gasteiger partial charge < -0.3 is 5.11 Å². The number of benzene rings is 4. The largest absolute Gasteiger partial charge is 0.379 e. The summed E-state index contributed by atoms with van der Waals surface area (Å²) in [7, 11) is 0. The molecule has 0 saturated carbocycles. The Labute approximate surface area is 199 Å². The summed E-state index contributed by atoms with van der Waals surface area (Å²) >= 11 is 0. The predicted octanol–water partition coefficient (Wildman–Crippen LogP) is 6.90. The molecule has 0 amide bonds. The number of carbonyl (C=O) groups is 1. The monoisotopic (exact) mass is 448 g/mol. The number of carbonyl (C=O) groups excluding carboxylic acids is 1. The summed E-state index contributed by atoms with van der Waals surface area (Å²) in [6.07, 6.45) is 2.32. The minimum absolute atomic E-state index is 0.187. The molecule has 1 aliphatic rings. The number of Topliss-reactive ketones (excluding diaryl/α,β-unsaturated/α-hetero) is 1. The first-order valence-corrected chi connectivity index (χ1v) is 11.4. The predicted molar refractivity (Wildman–Crippen MR) is 134 cm³/mol. The van der Waals surface area contributed by atoms with E-state index in [4.69, 9.17) is 0 Å². The van der Waals surface area contributed by atoms with E-state index in [0.29, 0.717) is 23.1 Å². The summed E-state index contributed by atoms with van der Waals surface area (Å²) < 4.78 is 14.7. The molecule has 168 valence electrons. The summed E-state index contributed by atoms with van der Waals surface area (Å²) in [4.78, 5) is 14.1. The van der Waals surface area contributed by atoms with E-state index >= 15 is 0 Å². The van der Waals surface area contributed by atoms with Crippen molar-refractivity contribution in [3.8, 4) is 0 Å². The maximum atomic E-state index is 14.7. The highest BCUT2D eigenvalue weighted by atomic mass is 19.1. The molecule has 2 atom stereocenters. The van der Waals surface area contributed by atoms with Gasteiger partial charge in [-0.15, -0.1) is 0 Å². The van der Waals surface area contributed by atoms with Gasteiger partial charge >= 0.3 is 0 Å². The van der Waals surface area contributed by atoms with Crippen molar-refractivity contribution >= 4 is 17.4 Å². The van der Waals surface area contributed by atoms with Gasteiger partial charge in [0.1, 0.15) is 11.4 Å². The molecule has 1 aliphatic carbocycles. The average molecular weight is 449 g/mol. The molecule has 4 aromatic carbocycles. The zero-order valence-corrected chi connectivity index (χ0v) is 18.9. The highest BCUT2D eigenvalue weighted by Gasteiger charge is 2.58. The molecule has 34 heavy (non-hydrogen) atoms. The van der Waals surface area contributed by atoms with E-state index in [-0.39, 0.29) is 5.78 Å². The molecule has 0 fully saturated rings. The fourth-order valence-electron chi connectivity index (χ4n) is 5.18. The SMILES string of the molecule is C[C@@]1(C(=O)c2ccccc2)C/C(=C\c2ccccc2)c2ccc(F)cc2[C@@]1(O)c1ccccc1. The van der Waals surface area contributed by atoms with Gasteiger partial charge in [-0.05, 0) is 53.3 Å². The van der Waals surface area contributed by atoms with Crippen molar-refractivity contribution in [1.29, 1.82) is 0 Å². The van der Waals surface area contributed by atoms with E-state index in [1.54, 1.807) is 37.3 Å². The van der Waals surface area contributed by atoms with Crippen LogP contribution in [0.2, 0.25) is 0 Å². The van der Waals surface area contributed by atoms with Crippen molar-refractivity contribution in [3.05, 3.63) is 143 Å². The molecule has 1 N–H and O–H groups in total. The number of hydrogen-bond acceptors (Lipinski definition) is 2. The molecule has 0 aliphatic heterocycles. The maximum absolute atomic E-state index is 14.7. The van der Waals surface area contributed by atoms with Gasteiger partial charge in [-0.2, -0.15) is 0 Å². The Morgan fingerprint density at radius 1 is 0.853 bits per heavy atom. The van der Waals surface area contributed by atoms with Crippen LogP contribution in [0.5, 0.6) is 0 Å². The van der Waals surface area contributed by atoms with E-state index < -0.39 is 16.8 Å². The molecule has 0 spiro atoms. The standard InChI is InChI=1S/C31H25FO2/c1-30(29(33)23-13-7-3-8-14-23)21-24(19-22-11-5-2-6-12-22)27-18-17-26(32)20-28(27)31(30,34)25-15-9-4-10-16-25/h2-20,34H,21H2,1H3/b24-19+/t30-,31-/m0/s1. The van der Waals surface area contributed by atoms with Crippen molar-refractivity contribution in [2.75, 3.05) is 0 Å². The number of halogens is 1. The lowest BCUT2D eigenvalue weighted by Gasteiger charge is -2.49. The molecule has 0 unspecified atom stereocenters. The van der Waals surface area contributed by atoms with Gasteiger partial charge in [0.2, 0.25) is 0 Å². The molecule has 0 heterocycles. The third-order valence-electron chi connectivity index (χ3n) is 6.93. The molecule has 2 nitrogen and oxygen atoms in total. The normalized spacial score (nSPS) is 22.9. The van der Waals surface area contributed by atoms with E-state index in [0.717, 1.165) is 16.7 Å². The van der Waals surface area contributed by atoms with Crippen LogP contribution in [0.25, 0.3) is 11.6 Å². The first-order valence-electron chi connectivity index (χ1n) is 11.4. The van der Waals surface area contributed by atoms with Crippen LogP contribution < -0.4 is 0 Å². The molecule has 4 aromatic rings. The van der Waals surface area contributed by atoms with E-state index in [1.807, 2.05) is 72.8 Å². The van der Waals surface area contributed by atoms with Crippen LogP contribution in [0, 0.1) is 11.2 Å². The van der Waals surface area contributed by atoms with Crippen molar-refractivity contribution in [1.82, 2.24) is 0 Å². The second-order valence-electron chi connectivity index (χ2n) is 9.05. The molecule has 0 radical (unpaired) electrons. The second-order valence-corrected chi connectivity index (χ2v) is 9.05. The number of ketones is 1. The van der Waals surface area contributed by atoms with Gasteiger partial charge in [-0.25, -0.2) is 4.39 Å². The first kappa shape index (κ1) is 22.0. The molecule has 3 heteroatoms. The summed E-state index contributed by atoms with van der Waals surface area (Å²) in [6.45, 7) is 1.79. The molecular formula is C31H25FO2. The quantitative estimate of drug-likeness (QED) is 0.345. The molecule has 0 bridgehead atoms. The number of aliphatic hydroxyl groups is 1. The van der Waals surface area contributed by atoms with Gasteiger partial charge in [0.05, 0.1) is 5.41 Å². The summed E-state index contributed by atoms with van der Waals surface area (Å²) in [6, 6.07) is 32.5. The lowest BCUT2D eigenvalue weighted by atomic mass is 9.55. The molecule has 0 saturated heterocycles. The zero-order chi connectivity index (χ0) is 23.8. The highest BCUT2D eigenvalue weighted by Crippen LogP contribution is 2.57. The van der Waals surface area contributed by atoms with Crippen LogP contribution in [0.1, 0.15) is 46.0 Å². The maximum Gasteiger partial charge on any atom is 0.172 e. The van der Waals surface area contributed by atoms with E-state index in [9.17, 15) is 14.3 Å². The van der Waals surface area contributed by atoms with Gasteiger partial charge in [0.15, 0.2) is 5.78 Å².